The van der Waals surface area contributed by atoms with Crippen LogP contribution < -0.4 is 5.32 Å². The van der Waals surface area contributed by atoms with Gasteiger partial charge >= 0.3 is 5.97 Å². The molecule has 0 spiro atoms. The first-order chi connectivity index (χ1) is 11.3. The van der Waals surface area contributed by atoms with Crippen LogP contribution in [-0.2, 0) is 11.3 Å². The van der Waals surface area contributed by atoms with Crippen molar-refractivity contribution >= 4 is 11.9 Å². The highest BCUT2D eigenvalue weighted by Gasteiger charge is 2.32. The predicted molar refractivity (Wildman–Crippen MR) is 91.1 cm³/mol. The summed E-state index contributed by atoms with van der Waals surface area (Å²) in [6.45, 7) is 8.48. The number of aryl methyl sites for hydroxylation is 1. The van der Waals surface area contributed by atoms with Crippen LogP contribution in [0.2, 0.25) is 0 Å². The number of allylic oxidation sites excluding steroid dienone is 1. The summed E-state index contributed by atoms with van der Waals surface area (Å²) in [7, 11) is 1.93. The minimum atomic E-state index is -0.780. The van der Waals surface area contributed by atoms with E-state index in [4.69, 9.17) is 5.11 Å². The Morgan fingerprint density at radius 3 is 2.67 bits per heavy atom. The van der Waals surface area contributed by atoms with Crippen molar-refractivity contribution in [2.24, 2.45) is 0 Å². The number of carbonyl (C=O) groups excluding carboxylic acids is 1. The third kappa shape index (κ3) is 3.84. The van der Waals surface area contributed by atoms with Crippen molar-refractivity contribution in [2.75, 3.05) is 13.6 Å². The fraction of sp³-hybridized carbons (Fsp3) is 0.588. The topological polar surface area (TPSA) is 87.5 Å². The van der Waals surface area contributed by atoms with Crippen LogP contribution in [0.4, 0.5) is 0 Å². The van der Waals surface area contributed by atoms with E-state index < -0.39 is 5.97 Å². The van der Waals surface area contributed by atoms with Crippen LogP contribution in [-0.4, -0.2) is 57.3 Å². The predicted octanol–water partition coefficient (Wildman–Crippen LogP) is 1.35. The number of nitrogens with zero attached hydrogens (tertiary/aromatic N) is 3. The minimum absolute atomic E-state index is 0.0446. The fourth-order valence-corrected chi connectivity index (χ4v) is 3.41. The van der Waals surface area contributed by atoms with Gasteiger partial charge in [-0.1, -0.05) is 6.08 Å². The van der Waals surface area contributed by atoms with Gasteiger partial charge in [-0.05, 0) is 33.7 Å². The maximum Gasteiger partial charge on any atom is 0.304 e. The number of rotatable bonds is 7. The number of amides is 1. The van der Waals surface area contributed by atoms with Gasteiger partial charge in [0.1, 0.15) is 0 Å². The normalized spacial score (nSPS) is 21.0. The van der Waals surface area contributed by atoms with E-state index in [9.17, 15) is 9.59 Å². The van der Waals surface area contributed by atoms with Crippen molar-refractivity contribution in [3.8, 4) is 0 Å². The average molecular weight is 334 g/mol. The highest BCUT2D eigenvalue weighted by molar-refractivity contribution is 5.96. The van der Waals surface area contributed by atoms with Gasteiger partial charge in [-0.25, -0.2) is 0 Å². The molecule has 132 valence electrons. The Balaban J connectivity index is 1.97. The molecule has 0 aromatic carbocycles. The Kier molecular flexibility index (Phi) is 5.77. The summed E-state index contributed by atoms with van der Waals surface area (Å²) in [5.41, 5.74) is 2.14. The Hall–Kier alpha value is -2.15. The fourth-order valence-electron chi connectivity index (χ4n) is 3.41. The Morgan fingerprint density at radius 1 is 1.38 bits per heavy atom. The lowest BCUT2D eigenvalue weighted by molar-refractivity contribution is -0.138. The molecule has 7 heteroatoms. The van der Waals surface area contributed by atoms with Crippen LogP contribution in [0.5, 0.6) is 0 Å². The number of carboxylic acids is 1. The first-order valence-corrected chi connectivity index (χ1v) is 8.22. The van der Waals surface area contributed by atoms with E-state index in [1.165, 1.54) is 0 Å². The van der Waals surface area contributed by atoms with Crippen LogP contribution in [0.3, 0.4) is 0 Å². The molecular weight excluding hydrogens is 308 g/mol. The number of nitrogens with one attached hydrogen (secondary N) is 1. The molecular formula is C17H26N4O3. The van der Waals surface area contributed by atoms with Crippen molar-refractivity contribution < 1.29 is 14.7 Å². The lowest BCUT2D eigenvalue weighted by Crippen LogP contribution is -2.41. The Labute approximate surface area is 142 Å². The molecule has 7 nitrogen and oxygen atoms in total. The highest BCUT2D eigenvalue weighted by Crippen LogP contribution is 2.24. The lowest BCUT2D eigenvalue weighted by Gasteiger charge is -2.25. The largest absolute Gasteiger partial charge is 0.481 e. The Morgan fingerprint density at radius 2 is 2.04 bits per heavy atom. The number of aliphatic carboxylic acids is 1. The molecule has 2 heterocycles. The second-order valence-corrected chi connectivity index (χ2v) is 6.37. The molecule has 0 unspecified atom stereocenters. The standard InChI is InChI=1S/C17H26N4O3/c1-5-8-21-12(3)16(11(2)19-21)17(24)18-10-14-7-6-13(20(14)4)9-15(22)23/h5,13-14H,1,6-10H2,2-4H3,(H,18,24)(H,22,23)/t13-,14+/m1/s1. The molecule has 1 aromatic rings. The van der Waals surface area contributed by atoms with Crippen LogP contribution in [0.1, 0.15) is 41.0 Å². The van der Waals surface area contributed by atoms with Crippen molar-refractivity contribution in [3.63, 3.8) is 0 Å². The van der Waals surface area contributed by atoms with Gasteiger partial charge in [0.15, 0.2) is 0 Å². The number of hydrogen-bond donors (Lipinski definition) is 2. The van der Waals surface area contributed by atoms with E-state index in [-0.39, 0.29) is 24.4 Å². The lowest BCUT2D eigenvalue weighted by atomic mass is 10.1. The minimum Gasteiger partial charge on any atom is -0.481 e. The zero-order valence-electron chi connectivity index (χ0n) is 14.6. The van der Waals surface area contributed by atoms with Gasteiger partial charge in [-0.2, -0.15) is 5.10 Å². The van der Waals surface area contributed by atoms with E-state index in [1.54, 1.807) is 10.8 Å². The molecule has 1 fully saturated rings. The van der Waals surface area contributed by atoms with Crippen LogP contribution in [0.15, 0.2) is 12.7 Å². The number of carboxylic acid groups (broad SMARTS) is 1. The third-order valence-corrected chi connectivity index (χ3v) is 4.80. The molecule has 0 aliphatic carbocycles. The van der Waals surface area contributed by atoms with Crippen LogP contribution >= 0.6 is 0 Å². The highest BCUT2D eigenvalue weighted by atomic mass is 16.4. The van der Waals surface area contributed by atoms with Gasteiger partial charge in [0.2, 0.25) is 0 Å². The van der Waals surface area contributed by atoms with Crippen molar-refractivity contribution in [1.82, 2.24) is 20.0 Å². The molecule has 1 aliphatic heterocycles. The molecule has 1 amide bonds. The molecule has 2 N–H and O–H groups in total. The van der Waals surface area contributed by atoms with Gasteiger partial charge < -0.3 is 10.4 Å². The van der Waals surface area contributed by atoms with E-state index in [1.807, 2.05) is 20.9 Å². The zero-order chi connectivity index (χ0) is 17.9. The average Bonchev–Trinajstić information content (AvgIpc) is 2.98. The van der Waals surface area contributed by atoms with Crippen molar-refractivity contribution in [3.05, 3.63) is 29.6 Å². The summed E-state index contributed by atoms with van der Waals surface area (Å²) in [5, 5.41) is 16.3. The first kappa shape index (κ1) is 18.2. The smallest absolute Gasteiger partial charge is 0.304 e. The van der Waals surface area contributed by atoms with Gasteiger partial charge in [-0.3, -0.25) is 19.2 Å². The van der Waals surface area contributed by atoms with Crippen LogP contribution in [0, 0.1) is 13.8 Å². The van der Waals surface area contributed by atoms with Gasteiger partial charge in [0.25, 0.3) is 5.91 Å². The summed E-state index contributed by atoms with van der Waals surface area (Å²) in [4.78, 5) is 25.5. The number of likely N-dealkylation sites (N-methyl/N-ethyl adjacent to an activating group) is 1. The third-order valence-electron chi connectivity index (χ3n) is 4.80. The summed E-state index contributed by atoms with van der Waals surface area (Å²) >= 11 is 0. The quantitative estimate of drug-likeness (QED) is 0.735. The Bertz CT molecular complexity index is 638. The second-order valence-electron chi connectivity index (χ2n) is 6.37. The van der Waals surface area contributed by atoms with E-state index in [0.717, 1.165) is 18.5 Å². The van der Waals surface area contributed by atoms with Gasteiger partial charge in [0.05, 0.1) is 24.2 Å². The molecule has 2 atom stereocenters. The molecule has 0 radical (unpaired) electrons. The first-order valence-electron chi connectivity index (χ1n) is 8.22. The van der Waals surface area contributed by atoms with E-state index in [0.29, 0.717) is 24.3 Å². The molecule has 1 saturated heterocycles. The number of hydrogen-bond acceptors (Lipinski definition) is 4. The zero-order valence-corrected chi connectivity index (χ0v) is 14.6. The maximum absolute atomic E-state index is 12.5. The maximum atomic E-state index is 12.5. The number of likely N-dealkylation sites (tertiary alicyclic amines) is 1. The molecule has 2 rings (SSSR count). The van der Waals surface area contributed by atoms with E-state index >= 15 is 0 Å². The SMILES string of the molecule is C=CCn1nc(C)c(C(=O)NC[C@@H]2CC[C@H](CC(=O)O)N2C)c1C. The molecule has 1 aliphatic rings. The van der Waals surface area contributed by atoms with Crippen LogP contribution in [0.25, 0.3) is 0 Å². The molecule has 0 bridgehead atoms. The molecule has 0 saturated carbocycles. The van der Waals surface area contributed by atoms with Crippen molar-refractivity contribution in [1.29, 1.82) is 0 Å². The van der Waals surface area contributed by atoms with Gasteiger partial charge in [0, 0.05) is 24.3 Å². The summed E-state index contributed by atoms with van der Waals surface area (Å²) in [6.07, 6.45) is 3.63. The number of carbonyl (C=O) groups is 2. The van der Waals surface area contributed by atoms with E-state index in [2.05, 4.69) is 21.9 Å². The molecule has 24 heavy (non-hydrogen) atoms. The summed E-state index contributed by atoms with van der Waals surface area (Å²) in [5.74, 6) is -0.909. The summed E-state index contributed by atoms with van der Waals surface area (Å²) < 4.78 is 1.77. The monoisotopic (exact) mass is 334 g/mol. The van der Waals surface area contributed by atoms with Gasteiger partial charge in [-0.15, -0.1) is 6.58 Å². The van der Waals surface area contributed by atoms with Crippen molar-refractivity contribution in [2.45, 2.75) is 51.7 Å². The second kappa shape index (κ2) is 7.61. The summed E-state index contributed by atoms with van der Waals surface area (Å²) in [6, 6.07) is 0.213. The molecule has 1 aromatic heterocycles. The number of aromatic nitrogens is 2.